The summed E-state index contributed by atoms with van der Waals surface area (Å²) in [6, 6.07) is 13.8. The summed E-state index contributed by atoms with van der Waals surface area (Å²) in [6.07, 6.45) is 0.383. The SMILES string of the molecule is COc1ccc(CCNC(=O)c2ccc(NS(=O)(=O)c3cccs3)cc2)cc1OC(F)F. The van der Waals surface area contributed by atoms with E-state index in [9.17, 15) is 22.0 Å². The van der Waals surface area contributed by atoms with E-state index in [1.807, 2.05) is 0 Å². The minimum atomic E-state index is -3.66. The van der Waals surface area contributed by atoms with Gasteiger partial charge in [0.15, 0.2) is 11.5 Å². The highest BCUT2D eigenvalue weighted by Gasteiger charge is 2.15. The van der Waals surface area contributed by atoms with E-state index in [0.29, 0.717) is 23.2 Å². The molecule has 0 aliphatic rings. The molecule has 7 nitrogen and oxygen atoms in total. The lowest BCUT2D eigenvalue weighted by Gasteiger charge is -2.12. The molecule has 0 saturated carbocycles. The Kier molecular flexibility index (Phi) is 7.65. The number of benzene rings is 2. The smallest absolute Gasteiger partial charge is 0.387 e. The number of sulfonamides is 1. The average molecular weight is 483 g/mol. The number of halogens is 2. The van der Waals surface area contributed by atoms with Crippen LogP contribution < -0.4 is 19.5 Å². The minimum Gasteiger partial charge on any atom is -0.493 e. The molecule has 2 aromatic carbocycles. The van der Waals surface area contributed by atoms with E-state index in [2.05, 4.69) is 14.8 Å². The number of thiophene rings is 1. The zero-order valence-corrected chi connectivity index (χ0v) is 18.5. The van der Waals surface area contributed by atoms with Gasteiger partial charge in [-0.3, -0.25) is 9.52 Å². The molecule has 0 aliphatic carbocycles. The van der Waals surface area contributed by atoms with E-state index in [4.69, 9.17) is 4.74 Å². The number of carbonyl (C=O) groups is 1. The molecule has 32 heavy (non-hydrogen) atoms. The lowest BCUT2D eigenvalue weighted by molar-refractivity contribution is -0.0512. The second kappa shape index (κ2) is 10.4. The number of alkyl halides is 2. The van der Waals surface area contributed by atoms with Crippen molar-refractivity contribution in [3.8, 4) is 11.5 Å². The van der Waals surface area contributed by atoms with Crippen LogP contribution in [0, 0.1) is 0 Å². The fourth-order valence-electron chi connectivity index (χ4n) is 2.80. The Morgan fingerprint density at radius 2 is 1.84 bits per heavy atom. The first kappa shape index (κ1) is 23.5. The van der Waals surface area contributed by atoms with Crippen LogP contribution in [0.3, 0.4) is 0 Å². The number of hydrogen-bond donors (Lipinski definition) is 2. The molecule has 3 rings (SSSR count). The largest absolute Gasteiger partial charge is 0.493 e. The first-order valence-electron chi connectivity index (χ1n) is 9.35. The van der Waals surface area contributed by atoms with Gasteiger partial charge in [0.05, 0.1) is 7.11 Å². The van der Waals surface area contributed by atoms with Crippen molar-refractivity contribution >= 4 is 33.0 Å². The number of anilines is 1. The van der Waals surface area contributed by atoms with E-state index in [1.165, 1.54) is 49.6 Å². The molecule has 2 N–H and O–H groups in total. The summed E-state index contributed by atoms with van der Waals surface area (Å²) in [7, 11) is -2.31. The number of carbonyl (C=O) groups excluding carboxylic acids is 1. The molecule has 0 fully saturated rings. The van der Waals surface area contributed by atoms with Crippen molar-refractivity contribution in [3.05, 3.63) is 71.1 Å². The zero-order valence-electron chi connectivity index (χ0n) is 16.9. The van der Waals surface area contributed by atoms with E-state index >= 15 is 0 Å². The van der Waals surface area contributed by atoms with Gasteiger partial charge in [-0.25, -0.2) is 8.42 Å². The molecule has 11 heteroatoms. The van der Waals surface area contributed by atoms with Crippen LogP contribution in [0.25, 0.3) is 0 Å². The van der Waals surface area contributed by atoms with E-state index in [-0.39, 0.29) is 28.2 Å². The number of amides is 1. The second-order valence-electron chi connectivity index (χ2n) is 6.48. The summed E-state index contributed by atoms with van der Waals surface area (Å²) in [4.78, 5) is 12.3. The molecule has 1 amide bonds. The van der Waals surface area contributed by atoms with Gasteiger partial charge >= 0.3 is 6.61 Å². The van der Waals surface area contributed by atoms with Crippen LogP contribution in [0.5, 0.6) is 11.5 Å². The molecule has 0 atom stereocenters. The Morgan fingerprint density at radius 3 is 2.47 bits per heavy atom. The average Bonchev–Trinajstić information content (AvgIpc) is 3.30. The molecule has 0 spiro atoms. The van der Waals surface area contributed by atoms with E-state index in [1.54, 1.807) is 17.5 Å². The maximum absolute atomic E-state index is 12.5. The Hall–Kier alpha value is -3.18. The van der Waals surface area contributed by atoms with Gasteiger partial charge in [-0.05, 0) is 59.8 Å². The molecule has 0 aliphatic heterocycles. The molecule has 1 heterocycles. The lowest BCUT2D eigenvalue weighted by Crippen LogP contribution is -2.25. The minimum absolute atomic E-state index is 0.0769. The summed E-state index contributed by atoms with van der Waals surface area (Å²) in [5, 5.41) is 4.40. The molecule has 3 aromatic rings. The first-order valence-corrected chi connectivity index (χ1v) is 11.7. The highest BCUT2D eigenvalue weighted by atomic mass is 32.2. The molecule has 0 bridgehead atoms. The number of hydrogen-bond acceptors (Lipinski definition) is 6. The van der Waals surface area contributed by atoms with Gasteiger partial charge in [0, 0.05) is 17.8 Å². The van der Waals surface area contributed by atoms with E-state index < -0.39 is 16.6 Å². The summed E-state index contributed by atoms with van der Waals surface area (Å²) in [5.74, 6) is -0.241. The third-order valence-corrected chi connectivity index (χ3v) is 7.08. The van der Waals surface area contributed by atoms with Crippen molar-refractivity contribution in [1.29, 1.82) is 0 Å². The van der Waals surface area contributed by atoms with Crippen molar-refractivity contribution in [3.63, 3.8) is 0 Å². The highest BCUT2D eigenvalue weighted by molar-refractivity contribution is 7.94. The fourth-order valence-corrected chi connectivity index (χ4v) is 4.85. The molecular formula is C21H20F2N2O5S2. The summed E-state index contributed by atoms with van der Waals surface area (Å²) in [5.41, 5.74) is 1.36. The van der Waals surface area contributed by atoms with Crippen molar-refractivity contribution in [2.45, 2.75) is 17.2 Å². The first-order chi connectivity index (χ1) is 15.3. The quantitative estimate of drug-likeness (QED) is 0.453. The number of nitrogens with one attached hydrogen (secondary N) is 2. The third kappa shape index (κ3) is 6.17. The van der Waals surface area contributed by atoms with Gasteiger partial charge in [-0.15, -0.1) is 11.3 Å². The van der Waals surface area contributed by atoms with Crippen molar-refractivity contribution < 1.29 is 31.5 Å². The maximum Gasteiger partial charge on any atom is 0.387 e. The van der Waals surface area contributed by atoms with Gasteiger partial charge in [-0.1, -0.05) is 12.1 Å². The second-order valence-corrected chi connectivity index (χ2v) is 9.34. The summed E-state index contributed by atoms with van der Waals surface area (Å²) in [6.45, 7) is -2.72. The Balaban J connectivity index is 1.55. The predicted molar refractivity (Wildman–Crippen MR) is 117 cm³/mol. The number of ether oxygens (including phenoxy) is 2. The van der Waals surface area contributed by atoms with Crippen LogP contribution in [0.4, 0.5) is 14.5 Å². The van der Waals surface area contributed by atoms with Gasteiger partial charge in [-0.2, -0.15) is 8.78 Å². The number of rotatable bonds is 10. The van der Waals surface area contributed by atoms with Crippen LogP contribution in [0.15, 0.2) is 64.2 Å². The number of methoxy groups -OCH3 is 1. The van der Waals surface area contributed by atoms with Gasteiger partial charge in [0.2, 0.25) is 0 Å². The van der Waals surface area contributed by atoms with Gasteiger partial charge in [0.25, 0.3) is 15.9 Å². The molecule has 0 saturated heterocycles. The van der Waals surface area contributed by atoms with E-state index in [0.717, 1.165) is 11.3 Å². The molecule has 1 aromatic heterocycles. The van der Waals surface area contributed by atoms with Crippen molar-refractivity contribution in [2.24, 2.45) is 0 Å². The highest BCUT2D eigenvalue weighted by Crippen LogP contribution is 2.29. The molecule has 0 radical (unpaired) electrons. The predicted octanol–water partition coefficient (Wildman–Crippen LogP) is 4.13. The van der Waals surface area contributed by atoms with Crippen LogP contribution >= 0.6 is 11.3 Å². The topological polar surface area (TPSA) is 93.7 Å². The Bertz CT molecular complexity index is 1150. The van der Waals surface area contributed by atoms with Crippen LogP contribution in [-0.4, -0.2) is 34.6 Å². The molecule has 0 unspecified atom stereocenters. The molecular weight excluding hydrogens is 462 g/mol. The van der Waals surface area contributed by atoms with Gasteiger partial charge in [0.1, 0.15) is 4.21 Å². The summed E-state index contributed by atoms with van der Waals surface area (Å²) >= 11 is 1.10. The van der Waals surface area contributed by atoms with Crippen LogP contribution in [0.1, 0.15) is 15.9 Å². The Morgan fingerprint density at radius 1 is 1.09 bits per heavy atom. The standard InChI is InChI=1S/C21H20F2N2O5S2/c1-29-17-9-4-14(13-18(17)30-21(22)23)10-11-24-20(26)15-5-7-16(8-6-15)25-32(27,28)19-3-2-12-31-19/h2-9,12-13,21,25H,10-11H2,1H3,(H,24,26). The van der Waals surface area contributed by atoms with Gasteiger partial charge < -0.3 is 14.8 Å². The fraction of sp³-hybridized carbons (Fsp3) is 0.190. The molecule has 170 valence electrons. The maximum atomic E-state index is 12.5. The normalized spacial score (nSPS) is 11.2. The Labute approximate surface area is 188 Å². The van der Waals surface area contributed by atoms with Crippen LogP contribution in [0.2, 0.25) is 0 Å². The third-order valence-electron chi connectivity index (χ3n) is 4.30. The van der Waals surface area contributed by atoms with Crippen LogP contribution in [-0.2, 0) is 16.4 Å². The summed E-state index contributed by atoms with van der Waals surface area (Å²) < 4.78 is 61.6. The lowest BCUT2D eigenvalue weighted by atomic mass is 10.1. The zero-order chi connectivity index (χ0) is 23.1. The monoisotopic (exact) mass is 482 g/mol. The van der Waals surface area contributed by atoms with Crippen molar-refractivity contribution in [1.82, 2.24) is 5.32 Å². The van der Waals surface area contributed by atoms with Crippen molar-refractivity contribution in [2.75, 3.05) is 18.4 Å².